The highest BCUT2D eigenvalue weighted by Crippen LogP contribution is 2.31. The zero-order valence-corrected chi connectivity index (χ0v) is 12.6. The molecule has 1 saturated carbocycles. The summed E-state index contributed by atoms with van der Waals surface area (Å²) in [4.78, 5) is 16.7. The van der Waals surface area contributed by atoms with Gasteiger partial charge in [-0.05, 0) is 43.2 Å². The summed E-state index contributed by atoms with van der Waals surface area (Å²) in [7, 11) is 0. The Morgan fingerprint density at radius 3 is 2.85 bits per heavy atom. The lowest BCUT2D eigenvalue weighted by Gasteiger charge is -2.20. The number of aromatic nitrogens is 1. The fourth-order valence-electron chi connectivity index (χ4n) is 2.79. The smallest absolute Gasteiger partial charge is 0.255 e. The van der Waals surface area contributed by atoms with E-state index >= 15 is 0 Å². The molecule has 1 aromatic heterocycles. The lowest BCUT2D eigenvalue weighted by atomic mass is 9.97. The van der Waals surface area contributed by atoms with E-state index in [-0.39, 0.29) is 11.9 Å². The van der Waals surface area contributed by atoms with Crippen LogP contribution in [0.4, 0.5) is 5.82 Å². The summed E-state index contributed by atoms with van der Waals surface area (Å²) in [5, 5.41) is 6.39. The third-order valence-corrected chi connectivity index (χ3v) is 4.38. The Hall–Kier alpha value is -1.58. The fraction of sp³-hybridized carbons (Fsp3) is 0.625. The molecule has 1 heterocycles. The summed E-state index contributed by atoms with van der Waals surface area (Å²) in [6.45, 7) is 7.41. The molecular weight excluding hydrogens is 250 g/mol. The normalized spacial score (nSPS) is 25.4. The number of anilines is 1. The van der Waals surface area contributed by atoms with Gasteiger partial charge >= 0.3 is 0 Å². The number of hydrogen-bond acceptors (Lipinski definition) is 3. The first-order valence-corrected chi connectivity index (χ1v) is 7.63. The molecule has 3 unspecified atom stereocenters. The minimum atomic E-state index is -0.0114. The van der Waals surface area contributed by atoms with Crippen molar-refractivity contribution in [3.05, 3.63) is 23.9 Å². The highest BCUT2D eigenvalue weighted by atomic mass is 16.1. The van der Waals surface area contributed by atoms with Crippen LogP contribution in [0.3, 0.4) is 0 Å². The number of rotatable bonds is 5. The van der Waals surface area contributed by atoms with Gasteiger partial charge in [0.1, 0.15) is 5.82 Å². The van der Waals surface area contributed by atoms with E-state index in [1.165, 1.54) is 6.42 Å². The summed E-state index contributed by atoms with van der Waals surface area (Å²) < 4.78 is 0. The van der Waals surface area contributed by atoms with Crippen molar-refractivity contribution in [1.29, 1.82) is 0 Å². The second-order valence-electron chi connectivity index (χ2n) is 5.82. The molecule has 4 heteroatoms. The number of amides is 1. The summed E-state index contributed by atoms with van der Waals surface area (Å²) in [6, 6.07) is 3.94. The Kier molecular flexibility index (Phi) is 4.99. The molecule has 4 nitrogen and oxygen atoms in total. The van der Waals surface area contributed by atoms with Crippen LogP contribution < -0.4 is 10.6 Å². The molecule has 1 amide bonds. The van der Waals surface area contributed by atoms with Gasteiger partial charge in [-0.1, -0.05) is 20.8 Å². The van der Waals surface area contributed by atoms with Gasteiger partial charge < -0.3 is 10.6 Å². The summed E-state index contributed by atoms with van der Waals surface area (Å²) in [5.41, 5.74) is 0.646. The summed E-state index contributed by atoms with van der Waals surface area (Å²) in [5.74, 6) is 1.91. The predicted molar refractivity (Wildman–Crippen MR) is 81.8 cm³/mol. The van der Waals surface area contributed by atoms with Crippen LogP contribution in [0.5, 0.6) is 0 Å². The highest BCUT2D eigenvalue weighted by Gasteiger charge is 2.31. The number of hydrogen-bond donors (Lipinski definition) is 2. The summed E-state index contributed by atoms with van der Waals surface area (Å²) in [6.07, 6.45) is 5.00. The lowest BCUT2D eigenvalue weighted by Crippen LogP contribution is -2.37. The molecule has 1 aliphatic rings. The van der Waals surface area contributed by atoms with Crippen LogP contribution in [-0.2, 0) is 0 Å². The zero-order valence-electron chi connectivity index (χ0n) is 12.6. The Bertz CT molecular complexity index is 461. The van der Waals surface area contributed by atoms with Crippen LogP contribution >= 0.6 is 0 Å². The van der Waals surface area contributed by atoms with Crippen LogP contribution in [0, 0.1) is 11.8 Å². The minimum absolute atomic E-state index is 0.0114. The van der Waals surface area contributed by atoms with Crippen molar-refractivity contribution in [3.63, 3.8) is 0 Å². The van der Waals surface area contributed by atoms with Crippen molar-refractivity contribution in [2.45, 2.75) is 46.1 Å². The van der Waals surface area contributed by atoms with E-state index < -0.39 is 0 Å². The van der Waals surface area contributed by atoms with Gasteiger partial charge in [-0.25, -0.2) is 4.98 Å². The molecule has 20 heavy (non-hydrogen) atoms. The van der Waals surface area contributed by atoms with Gasteiger partial charge in [0.15, 0.2) is 0 Å². The average molecular weight is 275 g/mol. The Morgan fingerprint density at radius 1 is 1.40 bits per heavy atom. The maximum Gasteiger partial charge on any atom is 0.255 e. The standard InChI is InChI=1S/C16H25N3O/c1-4-9-17-15-13(6-5-10-18-15)16(20)19-14-8-7-11(2)12(14)3/h5-6,10-12,14H,4,7-9H2,1-3H3,(H,17,18)(H,19,20). The minimum Gasteiger partial charge on any atom is -0.369 e. The molecule has 1 aliphatic carbocycles. The Morgan fingerprint density at radius 2 is 2.20 bits per heavy atom. The van der Waals surface area contributed by atoms with Crippen molar-refractivity contribution < 1.29 is 4.79 Å². The van der Waals surface area contributed by atoms with Crippen LogP contribution in [0.15, 0.2) is 18.3 Å². The van der Waals surface area contributed by atoms with Crippen molar-refractivity contribution in [3.8, 4) is 0 Å². The van der Waals surface area contributed by atoms with Gasteiger partial charge in [-0.15, -0.1) is 0 Å². The molecule has 2 N–H and O–H groups in total. The number of nitrogens with one attached hydrogen (secondary N) is 2. The second kappa shape index (κ2) is 6.73. The molecule has 0 aromatic carbocycles. The molecule has 3 atom stereocenters. The maximum absolute atomic E-state index is 12.4. The highest BCUT2D eigenvalue weighted by molar-refractivity contribution is 5.98. The third kappa shape index (κ3) is 3.30. The van der Waals surface area contributed by atoms with E-state index in [1.807, 2.05) is 12.1 Å². The monoisotopic (exact) mass is 275 g/mol. The van der Waals surface area contributed by atoms with E-state index in [0.29, 0.717) is 23.2 Å². The van der Waals surface area contributed by atoms with E-state index in [2.05, 4.69) is 36.4 Å². The number of pyridine rings is 1. The molecule has 0 bridgehead atoms. The number of carbonyl (C=O) groups is 1. The molecule has 1 fully saturated rings. The largest absolute Gasteiger partial charge is 0.369 e. The van der Waals surface area contributed by atoms with E-state index in [4.69, 9.17) is 0 Å². The van der Waals surface area contributed by atoms with Crippen LogP contribution in [-0.4, -0.2) is 23.5 Å². The van der Waals surface area contributed by atoms with Crippen LogP contribution in [0.2, 0.25) is 0 Å². The molecule has 110 valence electrons. The topological polar surface area (TPSA) is 54.0 Å². The molecule has 0 radical (unpaired) electrons. The molecule has 1 aromatic rings. The van der Waals surface area contributed by atoms with Gasteiger partial charge in [-0.2, -0.15) is 0 Å². The molecule has 0 aliphatic heterocycles. The van der Waals surface area contributed by atoms with Gasteiger partial charge in [0.25, 0.3) is 5.91 Å². The first kappa shape index (κ1) is 14.8. The SMILES string of the molecule is CCCNc1ncccc1C(=O)NC1CCC(C)C1C. The summed E-state index contributed by atoms with van der Waals surface area (Å²) >= 11 is 0. The number of carbonyl (C=O) groups excluding carboxylic acids is 1. The van der Waals surface area contributed by atoms with Gasteiger partial charge in [0, 0.05) is 18.8 Å². The van der Waals surface area contributed by atoms with Gasteiger partial charge in [-0.3, -0.25) is 4.79 Å². The van der Waals surface area contributed by atoms with E-state index in [0.717, 1.165) is 19.4 Å². The third-order valence-electron chi connectivity index (χ3n) is 4.38. The second-order valence-corrected chi connectivity index (χ2v) is 5.82. The van der Waals surface area contributed by atoms with E-state index in [1.54, 1.807) is 6.20 Å². The molecule has 0 spiro atoms. The van der Waals surface area contributed by atoms with Gasteiger partial charge in [0.2, 0.25) is 0 Å². The number of nitrogens with zero attached hydrogens (tertiary/aromatic N) is 1. The quantitative estimate of drug-likeness (QED) is 0.868. The Balaban J connectivity index is 2.05. The lowest BCUT2D eigenvalue weighted by molar-refractivity contribution is 0.0928. The van der Waals surface area contributed by atoms with Crippen LogP contribution in [0.25, 0.3) is 0 Å². The molecule has 2 rings (SSSR count). The zero-order chi connectivity index (χ0) is 14.5. The van der Waals surface area contributed by atoms with Crippen molar-refractivity contribution in [2.24, 2.45) is 11.8 Å². The van der Waals surface area contributed by atoms with Crippen molar-refractivity contribution in [1.82, 2.24) is 10.3 Å². The first-order valence-electron chi connectivity index (χ1n) is 7.63. The molecular formula is C16H25N3O. The Labute approximate surface area is 121 Å². The van der Waals surface area contributed by atoms with Gasteiger partial charge in [0.05, 0.1) is 5.56 Å². The average Bonchev–Trinajstić information content (AvgIpc) is 2.77. The van der Waals surface area contributed by atoms with E-state index in [9.17, 15) is 4.79 Å². The van der Waals surface area contributed by atoms with Crippen molar-refractivity contribution >= 4 is 11.7 Å². The fourth-order valence-corrected chi connectivity index (χ4v) is 2.79. The first-order chi connectivity index (χ1) is 9.63. The molecule has 0 saturated heterocycles. The predicted octanol–water partition coefficient (Wildman–Crippen LogP) is 3.07. The van der Waals surface area contributed by atoms with Crippen LogP contribution in [0.1, 0.15) is 50.4 Å². The van der Waals surface area contributed by atoms with Crippen molar-refractivity contribution in [2.75, 3.05) is 11.9 Å². The maximum atomic E-state index is 12.4.